The van der Waals surface area contributed by atoms with E-state index < -0.39 is 0 Å². The van der Waals surface area contributed by atoms with E-state index in [2.05, 4.69) is 9.97 Å². The molecule has 0 radical (unpaired) electrons. The molecule has 0 fully saturated rings. The molecule has 0 aliphatic rings. The van der Waals surface area contributed by atoms with E-state index in [1.807, 2.05) is 42.5 Å². The van der Waals surface area contributed by atoms with E-state index >= 15 is 0 Å². The quantitative estimate of drug-likeness (QED) is 0.496. The van der Waals surface area contributed by atoms with Gasteiger partial charge in [0.1, 0.15) is 23.2 Å². The number of benzene rings is 1. The normalized spacial score (nSPS) is 10.3. The molecule has 0 unspecified atom stereocenters. The largest absolute Gasteiger partial charge is 0.467 e. The van der Waals surface area contributed by atoms with Gasteiger partial charge in [-0.2, -0.15) is 5.26 Å². The number of rotatable bonds is 7. The Balaban J connectivity index is 1.68. The first-order valence-corrected chi connectivity index (χ1v) is 9.14. The second-order valence-electron chi connectivity index (χ2n) is 5.67. The van der Waals surface area contributed by atoms with Crippen molar-refractivity contribution < 1.29 is 9.21 Å². The lowest BCUT2D eigenvalue weighted by Crippen LogP contribution is -2.31. The van der Waals surface area contributed by atoms with Crippen molar-refractivity contribution in [1.29, 1.82) is 5.26 Å². The highest BCUT2D eigenvalue weighted by Gasteiger charge is 2.17. The number of anilines is 1. The van der Waals surface area contributed by atoms with Crippen molar-refractivity contribution in [3.8, 4) is 6.07 Å². The first-order valence-electron chi connectivity index (χ1n) is 8.15. The average molecular weight is 379 g/mol. The molecule has 1 aromatic carbocycles. The van der Waals surface area contributed by atoms with Crippen molar-refractivity contribution in [2.75, 3.05) is 11.5 Å². The minimum atomic E-state index is -0.0771. The molecule has 1 amide bonds. The van der Waals surface area contributed by atoms with Gasteiger partial charge in [-0.15, -0.1) is 0 Å². The van der Waals surface area contributed by atoms with Gasteiger partial charge in [-0.05, 0) is 17.7 Å². The molecule has 0 saturated carbocycles. The molecule has 3 rings (SSSR count). The predicted molar refractivity (Wildman–Crippen MR) is 101 cm³/mol. The van der Waals surface area contributed by atoms with Gasteiger partial charge < -0.3 is 15.1 Å². The van der Waals surface area contributed by atoms with Crippen LogP contribution < -0.4 is 5.73 Å². The van der Waals surface area contributed by atoms with E-state index in [1.165, 1.54) is 18.0 Å². The summed E-state index contributed by atoms with van der Waals surface area (Å²) in [6.45, 7) is 0.842. The van der Waals surface area contributed by atoms with Crippen LogP contribution in [0.3, 0.4) is 0 Å². The maximum Gasteiger partial charge on any atom is 0.233 e. The summed E-state index contributed by atoms with van der Waals surface area (Å²) in [5, 5.41) is 9.24. The van der Waals surface area contributed by atoms with Gasteiger partial charge in [0.15, 0.2) is 5.16 Å². The van der Waals surface area contributed by atoms with Crippen LogP contribution in [0, 0.1) is 11.3 Å². The van der Waals surface area contributed by atoms with E-state index in [1.54, 1.807) is 17.2 Å². The number of hydrogen-bond donors (Lipinski definition) is 1. The fourth-order valence-electron chi connectivity index (χ4n) is 2.38. The number of furan rings is 1. The maximum absolute atomic E-state index is 12.8. The number of amides is 1. The number of carbonyl (C=O) groups excluding carboxylic acids is 1. The molecule has 2 heterocycles. The van der Waals surface area contributed by atoms with E-state index in [4.69, 9.17) is 15.4 Å². The molecule has 0 aliphatic heterocycles. The summed E-state index contributed by atoms with van der Waals surface area (Å²) in [5.41, 5.74) is 6.94. The molecule has 27 heavy (non-hydrogen) atoms. The Morgan fingerprint density at radius 2 is 2.04 bits per heavy atom. The Labute approximate surface area is 160 Å². The molecule has 7 nitrogen and oxygen atoms in total. The summed E-state index contributed by atoms with van der Waals surface area (Å²) in [5.74, 6) is 0.896. The average Bonchev–Trinajstić information content (AvgIpc) is 3.19. The van der Waals surface area contributed by atoms with Gasteiger partial charge >= 0.3 is 0 Å². The third-order valence-electron chi connectivity index (χ3n) is 3.74. The van der Waals surface area contributed by atoms with Crippen LogP contribution in [-0.4, -0.2) is 26.5 Å². The molecule has 0 saturated heterocycles. The van der Waals surface area contributed by atoms with Crippen molar-refractivity contribution in [3.63, 3.8) is 0 Å². The van der Waals surface area contributed by atoms with Gasteiger partial charge in [0, 0.05) is 6.54 Å². The van der Waals surface area contributed by atoms with E-state index in [9.17, 15) is 4.79 Å². The highest BCUT2D eigenvalue weighted by atomic mass is 32.2. The van der Waals surface area contributed by atoms with Gasteiger partial charge in [-0.1, -0.05) is 42.1 Å². The number of nitrogens with two attached hydrogens (primary N) is 1. The number of nitrogens with zero attached hydrogens (tertiary/aromatic N) is 4. The Hall–Kier alpha value is -3.31. The summed E-state index contributed by atoms with van der Waals surface area (Å²) in [6, 6.07) is 15.3. The molecule has 0 bridgehead atoms. The van der Waals surface area contributed by atoms with Crippen molar-refractivity contribution in [3.05, 3.63) is 71.8 Å². The zero-order chi connectivity index (χ0) is 19.1. The van der Waals surface area contributed by atoms with Crippen LogP contribution in [0.25, 0.3) is 0 Å². The fourth-order valence-corrected chi connectivity index (χ4v) is 3.10. The summed E-state index contributed by atoms with van der Waals surface area (Å²) < 4.78 is 5.38. The van der Waals surface area contributed by atoms with Gasteiger partial charge in [0.05, 0.1) is 24.8 Å². The predicted octanol–water partition coefficient (Wildman–Crippen LogP) is 2.84. The van der Waals surface area contributed by atoms with E-state index in [-0.39, 0.29) is 23.0 Å². The molecule has 2 aromatic heterocycles. The lowest BCUT2D eigenvalue weighted by molar-refractivity contribution is -0.129. The number of aromatic nitrogens is 2. The summed E-state index contributed by atoms with van der Waals surface area (Å²) >= 11 is 1.18. The van der Waals surface area contributed by atoms with Crippen molar-refractivity contribution in [2.45, 2.75) is 18.2 Å². The zero-order valence-corrected chi connectivity index (χ0v) is 15.2. The topological polar surface area (TPSA) is 109 Å². The van der Waals surface area contributed by atoms with Gasteiger partial charge in [-0.25, -0.2) is 9.97 Å². The monoisotopic (exact) mass is 379 g/mol. The van der Waals surface area contributed by atoms with Crippen LogP contribution >= 0.6 is 11.8 Å². The second kappa shape index (κ2) is 8.87. The van der Waals surface area contributed by atoms with Crippen LogP contribution in [0.4, 0.5) is 5.82 Å². The van der Waals surface area contributed by atoms with Crippen molar-refractivity contribution in [2.24, 2.45) is 0 Å². The lowest BCUT2D eigenvalue weighted by atomic mass is 10.2. The zero-order valence-electron chi connectivity index (χ0n) is 14.4. The molecule has 0 atom stereocenters. The highest BCUT2D eigenvalue weighted by molar-refractivity contribution is 7.99. The first kappa shape index (κ1) is 18.5. The molecule has 8 heteroatoms. The molecular formula is C19H17N5O2S. The van der Waals surface area contributed by atoms with E-state index in [0.29, 0.717) is 24.0 Å². The fraction of sp³-hybridized carbons (Fsp3) is 0.158. The van der Waals surface area contributed by atoms with Gasteiger partial charge in [0.25, 0.3) is 0 Å². The number of nitriles is 1. The van der Waals surface area contributed by atoms with Crippen LogP contribution in [-0.2, 0) is 17.9 Å². The number of nitrogen functional groups attached to an aromatic ring is 1. The second-order valence-corrected chi connectivity index (χ2v) is 6.61. The highest BCUT2D eigenvalue weighted by Crippen LogP contribution is 2.18. The minimum Gasteiger partial charge on any atom is -0.467 e. The number of hydrogen-bond acceptors (Lipinski definition) is 7. The molecule has 0 spiro atoms. The van der Waals surface area contributed by atoms with Crippen LogP contribution in [0.15, 0.2) is 64.5 Å². The summed E-state index contributed by atoms with van der Waals surface area (Å²) in [7, 11) is 0. The Morgan fingerprint density at radius 3 is 2.70 bits per heavy atom. The summed E-state index contributed by atoms with van der Waals surface area (Å²) in [4.78, 5) is 22.6. The molecule has 2 N–H and O–H groups in total. The van der Waals surface area contributed by atoms with Crippen molar-refractivity contribution in [1.82, 2.24) is 14.9 Å². The van der Waals surface area contributed by atoms with Crippen LogP contribution in [0.1, 0.15) is 16.9 Å². The summed E-state index contributed by atoms with van der Waals surface area (Å²) in [6.07, 6.45) is 2.95. The van der Waals surface area contributed by atoms with E-state index in [0.717, 1.165) is 5.56 Å². The lowest BCUT2D eigenvalue weighted by Gasteiger charge is -2.21. The standard InChI is InChI=1S/C19H17N5O2S/c20-9-15-10-22-19(23-18(15)21)27-13-17(25)24(12-16-7-4-8-26-16)11-14-5-2-1-3-6-14/h1-8,10H,11-13H2,(H2,21,22,23). The Bertz CT molecular complexity index is 938. The molecule has 136 valence electrons. The van der Waals surface area contributed by atoms with Crippen molar-refractivity contribution >= 4 is 23.5 Å². The SMILES string of the molecule is N#Cc1cnc(SCC(=O)N(Cc2ccccc2)Cc2ccco2)nc1N. The number of carbonyl (C=O) groups is 1. The smallest absolute Gasteiger partial charge is 0.233 e. The Morgan fingerprint density at radius 1 is 1.22 bits per heavy atom. The van der Waals surface area contributed by atoms with Gasteiger partial charge in [0.2, 0.25) is 5.91 Å². The Kier molecular flexibility index (Phi) is 6.07. The minimum absolute atomic E-state index is 0.0771. The van der Waals surface area contributed by atoms with Crippen LogP contribution in [0.5, 0.6) is 0 Å². The third kappa shape index (κ3) is 5.09. The molecular weight excluding hydrogens is 362 g/mol. The molecule has 3 aromatic rings. The van der Waals surface area contributed by atoms with Gasteiger partial charge in [-0.3, -0.25) is 4.79 Å². The maximum atomic E-state index is 12.8. The van der Waals surface area contributed by atoms with Crippen LogP contribution in [0.2, 0.25) is 0 Å². The first-order chi connectivity index (χ1) is 13.2. The molecule has 0 aliphatic carbocycles. The number of thioether (sulfide) groups is 1. The third-order valence-corrected chi connectivity index (χ3v) is 4.58.